The normalized spacial score (nSPS) is 11.3. The van der Waals surface area contributed by atoms with Crippen LogP contribution in [0, 0.1) is 5.92 Å². The summed E-state index contributed by atoms with van der Waals surface area (Å²) < 4.78 is 1.61. The van der Waals surface area contributed by atoms with Crippen molar-refractivity contribution in [2.75, 3.05) is 6.54 Å². The Hall–Kier alpha value is -1.88. The molecule has 0 aromatic carbocycles. The van der Waals surface area contributed by atoms with E-state index in [2.05, 4.69) is 24.1 Å². The molecule has 2 aromatic heterocycles. The highest BCUT2D eigenvalue weighted by Gasteiger charge is 2.15. The summed E-state index contributed by atoms with van der Waals surface area (Å²) in [5, 5.41) is 12.4. The summed E-state index contributed by atoms with van der Waals surface area (Å²) in [4.78, 5) is 15.3. The summed E-state index contributed by atoms with van der Waals surface area (Å²) in [7, 11) is 0. The molecule has 0 aliphatic heterocycles. The molecular formula is C13H17N3O2. The van der Waals surface area contributed by atoms with E-state index < -0.39 is 5.97 Å². The number of hydrogen-bond donors (Lipinski definition) is 2. The van der Waals surface area contributed by atoms with Gasteiger partial charge >= 0.3 is 5.97 Å². The van der Waals surface area contributed by atoms with E-state index in [-0.39, 0.29) is 5.82 Å². The smallest absolute Gasteiger partial charge is 0.372 e. The minimum Gasteiger partial charge on any atom is -0.475 e. The van der Waals surface area contributed by atoms with Crippen molar-refractivity contribution in [2.24, 2.45) is 5.92 Å². The van der Waals surface area contributed by atoms with E-state index in [0.29, 0.717) is 12.5 Å². The van der Waals surface area contributed by atoms with Gasteiger partial charge < -0.3 is 10.4 Å². The zero-order chi connectivity index (χ0) is 13.1. The number of hydrogen-bond acceptors (Lipinski definition) is 3. The van der Waals surface area contributed by atoms with E-state index in [0.717, 1.165) is 17.8 Å². The van der Waals surface area contributed by atoms with Crippen LogP contribution in [0.1, 0.15) is 30.2 Å². The number of carboxylic acid groups (broad SMARTS) is 1. The Morgan fingerprint density at radius 2 is 2.28 bits per heavy atom. The van der Waals surface area contributed by atoms with Gasteiger partial charge in [0.15, 0.2) is 0 Å². The number of carboxylic acids is 1. The van der Waals surface area contributed by atoms with Gasteiger partial charge in [0, 0.05) is 12.7 Å². The Kier molecular flexibility index (Phi) is 3.62. The highest BCUT2D eigenvalue weighted by atomic mass is 16.4. The first-order valence-corrected chi connectivity index (χ1v) is 5.99. The highest BCUT2D eigenvalue weighted by Crippen LogP contribution is 2.13. The summed E-state index contributed by atoms with van der Waals surface area (Å²) in [6.07, 6.45) is 1.72. The van der Waals surface area contributed by atoms with Gasteiger partial charge in [0.1, 0.15) is 0 Å². The van der Waals surface area contributed by atoms with Gasteiger partial charge in [-0.25, -0.2) is 9.78 Å². The summed E-state index contributed by atoms with van der Waals surface area (Å²) >= 11 is 0. The topological polar surface area (TPSA) is 66.6 Å². The third-order valence-corrected chi connectivity index (χ3v) is 2.66. The Labute approximate surface area is 105 Å². The number of aromatic carboxylic acids is 1. The second-order valence-corrected chi connectivity index (χ2v) is 4.67. The molecular weight excluding hydrogens is 230 g/mol. The van der Waals surface area contributed by atoms with Crippen molar-refractivity contribution in [2.45, 2.75) is 20.4 Å². The maximum Gasteiger partial charge on any atom is 0.372 e. The summed E-state index contributed by atoms with van der Waals surface area (Å²) in [6, 6.07) is 5.56. The standard InChI is InChI=1S/C13H17N3O2/c1-9(2)7-14-8-10-11-5-3-4-6-16(11)12(15-10)13(17)18/h3-6,9,14H,7-8H2,1-2H3,(H,17,18). The number of nitrogens with zero attached hydrogens (tertiary/aromatic N) is 2. The van der Waals surface area contributed by atoms with E-state index >= 15 is 0 Å². The SMILES string of the molecule is CC(C)CNCc1nc(C(=O)O)n2ccccc12. The average molecular weight is 247 g/mol. The van der Waals surface area contributed by atoms with Crippen LogP contribution in [-0.4, -0.2) is 27.0 Å². The Bertz CT molecular complexity index is 560. The van der Waals surface area contributed by atoms with Crippen LogP contribution in [0.4, 0.5) is 0 Å². The first-order chi connectivity index (χ1) is 8.59. The van der Waals surface area contributed by atoms with Gasteiger partial charge in [0.05, 0.1) is 11.2 Å². The molecule has 0 radical (unpaired) electrons. The maximum atomic E-state index is 11.1. The molecule has 0 bridgehead atoms. The molecule has 0 aliphatic rings. The van der Waals surface area contributed by atoms with Crippen molar-refractivity contribution in [3.05, 3.63) is 35.9 Å². The number of carbonyl (C=O) groups is 1. The summed E-state index contributed by atoms with van der Waals surface area (Å²) in [5.74, 6) is -0.393. The van der Waals surface area contributed by atoms with Crippen molar-refractivity contribution in [3.8, 4) is 0 Å². The fraction of sp³-hybridized carbons (Fsp3) is 0.385. The number of nitrogens with one attached hydrogen (secondary N) is 1. The molecule has 0 saturated heterocycles. The lowest BCUT2D eigenvalue weighted by Crippen LogP contribution is -2.19. The molecule has 96 valence electrons. The number of pyridine rings is 1. The van der Waals surface area contributed by atoms with Gasteiger partial charge in [-0.15, -0.1) is 0 Å². The predicted molar refractivity (Wildman–Crippen MR) is 68.7 cm³/mol. The lowest BCUT2D eigenvalue weighted by atomic mass is 10.2. The summed E-state index contributed by atoms with van der Waals surface area (Å²) in [5.41, 5.74) is 1.61. The lowest BCUT2D eigenvalue weighted by Gasteiger charge is -2.05. The Morgan fingerprint density at radius 3 is 2.94 bits per heavy atom. The van der Waals surface area contributed by atoms with Crippen LogP contribution < -0.4 is 5.32 Å². The minimum atomic E-state index is -1.01. The van der Waals surface area contributed by atoms with Crippen molar-refractivity contribution in [1.82, 2.24) is 14.7 Å². The molecule has 2 N–H and O–H groups in total. The number of imidazole rings is 1. The first-order valence-electron chi connectivity index (χ1n) is 5.99. The van der Waals surface area contributed by atoms with Crippen LogP contribution in [0.5, 0.6) is 0 Å². The Balaban J connectivity index is 2.30. The van der Waals surface area contributed by atoms with Crippen LogP contribution in [0.3, 0.4) is 0 Å². The molecule has 18 heavy (non-hydrogen) atoms. The van der Waals surface area contributed by atoms with Crippen LogP contribution in [0.25, 0.3) is 5.52 Å². The molecule has 0 aliphatic carbocycles. The number of fused-ring (bicyclic) bond motifs is 1. The molecule has 0 saturated carbocycles. The first kappa shape index (κ1) is 12.6. The quantitative estimate of drug-likeness (QED) is 0.845. The van der Waals surface area contributed by atoms with E-state index in [9.17, 15) is 4.79 Å². The van der Waals surface area contributed by atoms with Gasteiger partial charge in [-0.05, 0) is 24.6 Å². The predicted octanol–water partition coefficient (Wildman–Crippen LogP) is 1.78. The van der Waals surface area contributed by atoms with Crippen molar-refractivity contribution in [3.63, 3.8) is 0 Å². The van der Waals surface area contributed by atoms with Gasteiger partial charge in [0.2, 0.25) is 5.82 Å². The van der Waals surface area contributed by atoms with Crippen LogP contribution in [0.2, 0.25) is 0 Å². The van der Waals surface area contributed by atoms with Gasteiger partial charge in [-0.3, -0.25) is 4.40 Å². The number of rotatable bonds is 5. The van der Waals surface area contributed by atoms with Gasteiger partial charge in [0.25, 0.3) is 0 Å². The number of aromatic nitrogens is 2. The highest BCUT2D eigenvalue weighted by molar-refractivity contribution is 5.85. The minimum absolute atomic E-state index is 0.0620. The average Bonchev–Trinajstić information content (AvgIpc) is 2.68. The van der Waals surface area contributed by atoms with Crippen molar-refractivity contribution < 1.29 is 9.90 Å². The van der Waals surface area contributed by atoms with Crippen LogP contribution in [0.15, 0.2) is 24.4 Å². The fourth-order valence-corrected chi connectivity index (χ4v) is 1.86. The van der Waals surface area contributed by atoms with E-state index in [4.69, 9.17) is 5.11 Å². The Morgan fingerprint density at radius 1 is 1.50 bits per heavy atom. The maximum absolute atomic E-state index is 11.1. The molecule has 0 amide bonds. The molecule has 5 nitrogen and oxygen atoms in total. The molecule has 0 fully saturated rings. The van der Waals surface area contributed by atoms with Crippen molar-refractivity contribution >= 4 is 11.5 Å². The molecule has 2 aromatic rings. The van der Waals surface area contributed by atoms with Gasteiger partial charge in [-0.1, -0.05) is 19.9 Å². The molecule has 0 unspecified atom stereocenters. The van der Waals surface area contributed by atoms with E-state index in [1.807, 2.05) is 12.1 Å². The third kappa shape index (κ3) is 2.51. The van der Waals surface area contributed by atoms with Crippen molar-refractivity contribution in [1.29, 1.82) is 0 Å². The molecule has 2 heterocycles. The summed E-state index contributed by atoms with van der Waals surface area (Å²) in [6.45, 7) is 5.72. The fourth-order valence-electron chi connectivity index (χ4n) is 1.86. The second kappa shape index (κ2) is 5.18. The third-order valence-electron chi connectivity index (χ3n) is 2.66. The van der Waals surface area contributed by atoms with Gasteiger partial charge in [-0.2, -0.15) is 0 Å². The lowest BCUT2D eigenvalue weighted by molar-refractivity contribution is 0.0682. The zero-order valence-corrected chi connectivity index (χ0v) is 10.6. The molecule has 0 atom stereocenters. The zero-order valence-electron chi connectivity index (χ0n) is 10.6. The monoisotopic (exact) mass is 247 g/mol. The molecule has 5 heteroatoms. The van der Waals surface area contributed by atoms with Crippen LogP contribution in [-0.2, 0) is 6.54 Å². The van der Waals surface area contributed by atoms with Crippen LogP contribution >= 0.6 is 0 Å². The molecule has 0 spiro atoms. The molecule has 2 rings (SSSR count). The second-order valence-electron chi connectivity index (χ2n) is 4.67. The van der Waals surface area contributed by atoms with E-state index in [1.54, 1.807) is 16.7 Å². The van der Waals surface area contributed by atoms with E-state index in [1.165, 1.54) is 0 Å². The largest absolute Gasteiger partial charge is 0.475 e.